The van der Waals surface area contributed by atoms with Gasteiger partial charge in [-0.15, -0.1) is 6.58 Å². The molecule has 0 saturated carbocycles. The Morgan fingerprint density at radius 1 is 1.73 bits per heavy atom. The van der Waals surface area contributed by atoms with Crippen LogP contribution in [0, 0.1) is 0 Å². The highest BCUT2D eigenvalue weighted by atomic mass is 16.5. The molecular formula is C8H15NO2. The first-order valence-corrected chi connectivity index (χ1v) is 3.91. The van der Waals surface area contributed by atoms with Crippen molar-refractivity contribution in [3.05, 3.63) is 12.7 Å². The van der Waals surface area contributed by atoms with E-state index < -0.39 is 6.10 Å². The molecule has 1 aliphatic rings. The molecule has 1 fully saturated rings. The largest absolute Gasteiger partial charge is 0.386 e. The van der Waals surface area contributed by atoms with Crippen LogP contribution in [0.25, 0.3) is 0 Å². The number of hydrogen-bond donors (Lipinski definition) is 2. The van der Waals surface area contributed by atoms with E-state index in [2.05, 4.69) is 11.9 Å². The third kappa shape index (κ3) is 2.29. The molecule has 0 amide bonds. The summed E-state index contributed by atoms with van der Waals surface area (Å²) in [5, 5.41) is 12.5. The molecule has 0 spiro atoms. The molecule has 1 heterocycles. The SMILES string of the molecule is C=CC(O)[C@H]1CNC[C@@H](C)O1. The van der Waals surface area contributed by atoms with Crippen LogP contribution in [0.5, 0.6) is 0 Å². The predicted molar refractivity (Wildman–Crippen MR) is 43.4 cm³/mol. The molecule has 1 unspecified atom stereocenters. The van der Waals surface area contributed by atoms with Gasteiger partial charge in [-0.25, -0.2) is 0 Å². The van der Waals surface area contributed by atoms with Crippen LogP contribution in [-0.2, 0) is 4.74 Å². The van der Waals surface area contributed by atoms with Gasteiger partial charge in [-0.3, -0.25) is 0 Å². The zero-order valence-electron chi connectivity index (χ0n) is 6.79. The van der Waals surface area contributed by atoms with Crippen molar-refractivity contribution < 1.29 is 9.84 Å². The molecule has 3 heteroatoms. The lowest BCUT2D eigenvalue weighted by atomic mass is 10.1. The van der Waals surface area contributed by atoms with Gasteiger partial charge >= 0.3 is 0 Å². The minimum Gasteiger partial charge on any atom is -0.386 e. The molecule has 11 heavy (non-hydrogen) atoms. The van der Waals surface area contributed by atoms with Crippen LogP contribution in [-0.4, -0.2) is 36.5 Å². The molecule has 0 aromatic heterocycles. The third-order valence-corrected chi connectivity index (χ3v) is 1.81. The molecule has 1 saturated heterocycles. The average Bonchev–Trinajstić information content (AvgIpc) is 2.03. The summed E-state index contributed by atoms with van der Waals surface area (Å²) in [6.45, 7) is 7.05. The summed E-state index contributed by atoms with van der Waals surface area (Å²) >= 11 is 0. The molecular weight excluding hydrogens is 142 g/mol. The van der Waals surface area contributed by atoms with Gasteiger partial charge in [0.25, 0.3) is 0 Å². The van der Waals surface area contributed by atoms with Crippen LogP contribution in [0.15, 0.2) is 12.7 Å². The second-order valence-electron chi connectivity index (χ2n) is 2.87. The summed E-state index contributed by atoms with van der Waals surface area (Å²) < 4.78 is 5.46. The standard InChI is InChI=1S/C8H15NO2/c1-3-7(10)8-5-9-4-6(2)11-8/h3,6-10H,1,4-5H2,2H3/t6-,7?,8-/m1/s1. The Morgan fingerprint density at radius 2 is 2.45 bits per heavy atom. The summed E-state index contributed by atoms with van der Waals surface area (Å²) in [5.74, 6) is 0. The Kier molecular flexibility index (Phi) is 3.05. The molecule has 0 aromatic carbocycles. The first-order chi connectivity index (χ1) is 5.24. The molecule has 1 aliphatic heterocycles. The van der Waals surface area contributed by atoms with Crippen molar-refractivity contribution in [2.24, 2.45) is 0 Å². The van der Waals surface area contributed by atoms with Crippen molar-refractivity contribution in [3.63, 3.8) is 0 Å². The van der Waals surface area contributed by atoms with E-state index in [1.54, 1.807) is 0 Å². The zero-order chi connectivity index (χ0) is 8.27. The minimum atomic E-state index is -0.551. The number of aliphatic hydroxyl groups excluding tert-OH is 1. The molecule has 3 atom stereocenters. The van der Waals surface area contributed by atoms with Crippen LogP contribution in [0.1, 0.15) is 6.92 Å². The van der Waals surface area contributed by atoms with Gasteiger partial charge in [0.2, 0.25) is 0 Å². The van der Waals surface area contributed by atoms with Gasteiger partial charge in [-0.1, -0.05) is 6.08 Å². The first kappa shape index (κ1) is 8.71. The van der Waals surface area contributed by atoms with Crippen LogP contribution in [0.2, 0.25) is 0 Å². The van der Waals surface area contributed by atoms with Crippen molar-refractivity contribution in [2.75, 3.05) is 13.1 Å². The van der Waals surface area contributed by atoms with Crippen molar-refractivity contribution in [1.82, 2.24) is 5.32 Å². The Bertz CT molecular complexity index is 138. The second kappa shape index (κ2) is 3.85. The highest BCUT2D eigenvalue weighted by Crippen LogP contribution is 2.07. The van der Waals surface area contributed by atoms with Crippen LogP contribution < -0.4 is 5.32 Å². The third-order valence-electron chi connectivity index (χ3n) is 1.81. The lowest BCUT2D eigenvalue weighted by Crippen LogP contribution is -2.48. The van der Waals surface area contributed by atoms with E-state index in [0.29, 0.717) is 6.54 Å². The molecule has 0 aromatic rings. The van der Waals surface area contributed by atoms with Crippen molar-refractivity contribution in [1.29, 1.82) is 0 Å². The van der Waals surface area contributed by atoms with Crippen LogP contribution in [0.4, 0.5) is 0 Å². The zero-order valence-corrected chi connectivity index (χ0v) is 6.79. The molecule has 3 nitrogen and oxygen atoms in total. The average molecular weight is 157 g/mol. The van der Waals surface area contributed by atoms with Gasteiger partial charge in [-0.05, 0) is 6.92 Å². The van der Waals surface area contributed by atoms with Gasteiger partial charge in [0.1, 0.15) is 0 Å². The minimum absolute atomic E-state index is 0.128. The predicted octanol–water partition coefficient (Wildman–Crippen LogP) is -0.0898. The highest BCUT2D eigenvalue weighted by molar-refractivity contribution is 4.88. The van der Waals surface area contributed by atoms with E-state index in [1.807, 2.05) is 6.92 Å². The molecule has 1 rings (SSSR count). The number of morpholine rings is 1. The number of nitrogens with one attached hydrogen (secondary N) is 1. The monoisotopic (exact) mass is 157 g/mol. The van der Waals surface area contributed by atoms with Gasteiger partial charge in [0.05, 0.1) is 18.3 Å². The van der Waals surface area contributed by atoms with Gasteiger partial charge in [0, 0.05) is 13.1 Å². The summed E-state index contributed by atoms with van der Waals surface area (Å²) in [6.07, 6.45) is 1.01. The Hall–Kier alpha value is -0.380. The van der Waals surface area contributed by atoms with Crippen molar-refractivity contribution in [3.8, 4) is 0 Å². The van der Waals surface area contributed by atoms with Crippen molar-refractivity contribution in [2.45, 2.75) is 25.2 Å². The summed E-state index contributed by atoms with van der Waals surface area (Å²) in [5.41, 5.74) is 0. The Morgan fingerprint density at radius 3 is 3.00 bits per heavy atom. The molecule has 0 radical (unpaired) electrons. The van der Waals surface area contributed by atoms with E-state index in [-0.39, 0.29) is 12.2 Å². The number of hydrogen-bond acceptors (Lipinski definition) is 3. The highest BCUT2D eigenvalue weighted by Gasteiger charge is 2.23. The summed E-state index contributed by atoms with van der Waals surface area (Å²) in [4.78, 5) is 0. The molecule has 0 aliphatic carbocycles. The van der Waals surface area contributed by atoms with Gasteiger partial charge < -0.3 is 15.2 Å². The fourth-order valence-electron chi connectivity index (χ4n) is 1.18. The lowest BCUT2D eigenvalue weighted by molar-refractivity contribution is -0.0735. The summed E-state index contributed by atoms with van der Waals surface area (Å²) in [7, 11) is 0. The van der Waals surface area contributed by atoms with E-state index in [4.69, 9.17) is 4.74 Å². The molecule has 2 N–H and O–H groups in total. The van der Waals surface area contributed by atoms with E-state index in [1.165, 1.54) is 6.08 Å². The van der Waals surface area contributed by atoms with E-state index >= 15 is 0 Å². The smallest absolute Gasteiger partial charge is 0.0997 e. The Labute approximate surface area is 67.1 Å². The van der Waals surface area contributed by atoms with Gasteiger partial charge in [0.15, 0.2) is 0 Å². The first-order valence-electron chi connectivity index (χ1n) is 3.91. The maximum absolute atomic E-state index is 9.32. The maximum atomic E-state index is 9.32. The van der Waals surface area contributed by atoms with Crippen LogP contribution in [0.3, 0.4) is 0 Å². The van der Waals surface area contributed by atoms with E-state index in [0.717, 1.165) is 6.54 Å². The van der Waals surface area contributed by atoms with Crippen molar-refractivity contribution >= 4 is 0 Å². The quantitative estimate of drug-likeness (QED) is 0.550. The second-order valence-corrected chi connectivity index (χ2v) is 2.87. The lowest BCUT2D eigenvalue weighted by Gasteiger charge is -2.30. The van der Waals surface area contributed by atoms with E-state index in [9.17, 15) is 5.11 Å². The fraction of sp³-hybridized carbons (Fsp3) is 0.750. The Balaban J connectivity index is 2.38. The molecule has 64 valence electrons. The number of rotatable bonds is 2. The number of aliphatic hydroxyl groups is 1. The molecule has 0 bridgehead atoms. The fourth-order valence-corrected chi connectivity index (χ4v) is 1.18. The topological polar surface area (TPSA) is 41.5 Å². The maximum Gasteiger partial charge on any atom is 0.0997 e. The number of ether oxygens (including phenoxy) is 1. The van der Waals surface area contributed by atoms with Gasteiger partial charge in [-0.2, -0.15) is 0 Å². The van der Waals surface area contributed by atoms with Crippen LogP contribution >= 0.6 is 0 Å². The normalized spacial score (nSPS) is 34.7. The summed E-state index contributed by atoms with van der Waals surface area (Å²) in [6, 6.07) is 0.